The minimum Gasteiger partial charge on any atom is -0.744 e. The first kappa shape index (κ1) is 28.0. The molecule has 3 rings (SSSR count). The molecular weight excluding hydrogens is 841 g/mol. The maximum atomic E-state index is 14.1. The number of rotatable bonds is 5. The van der Waals surface area contributed by atoms with Crippen molar-refractivity contribution in [3.05, 3.63) is 81.5 Å². The molecule has 0 unspecified atom stereocenters. The summed E-state index contributed by atoms with van der Waals surface area (Å²) in [6, 6.07) is 7.87. The van der Waals surface area contributed by atoms with Crippen molar-refractivity contribution in [2.45, 2.75) is 4.90 Å². The molecule has 0 N–H and O–H groups in total. The van der Waals surface area contributed by atoms with Gasteiger partial charge in [0, 0.05) is 3.57 Å². The largest absolute Gasteiger partial charge is 0.744 e. The molecule has 0 atom stereocenters. The van der Waals surface area contributed by atoms with Gasteiger partial charge in [0.25, 0.3) is 0 Å². The zero-order valence-corrected chi connectivity index (χ0v) is 23.7. The Morgan fingerprint density at radius 1 is 0.714 bits per heavy atom. The lowest BCUT2D eigenvalue weighted by molar-refractivity contribution is 0.0708. The number of ether oxygens (including phenoxy) is 2. The van der Waals surface area contributed by atoms with Gasteiger partial charge in [0.05, 0.1) is 18.3 Å². The van der Waals surface area contributed by atoms with Crippen LogP contribution >= 0.6 is 67.8 Å². The third-order valence-corrected chi connectivity index (χ3v) is 7.23. The van der Waals surface area contributed by atoms with Gasteiger partial charge in [-0.15, -0.1) is 0 Å². The second-order valence-corrected chi connectivity index (χ2v) is 11.3. The zero-order chi connectivity index (χ0) is 26.2. The number of hydrogen-bond donors (Lipinski definition) is 0. The number of esters is 2. The zero-order valence-electron chi connectivity index (χ0n) is 16.4. The molecule has 0 aliphatic rings. The molecule has 0 saturated heterocycles. The third-order valence-electron chi connectivity index (χ3n) is 4.14. The van der Waals surface area contributed by atoms with E-state index in [4.69, 9.17) is 4.74 Å². The smallest absolute Gasteiger partial charge is 0.343 e. The van der Waals surface area contributed by atoms with Gasteiger partial charge in [-0.05, 0) is 104 Å². The van der Waals surface area contributed by atoms with Crippen LogP contribution in [-0.2, 0) is 10.1 Å². The molecule has 0 heterocycles. The number of carbonyl (C=O) groups is 2. The summed E-state index contributed by atoms with van der Waals surface area (Å²) in [6.45, 7) is 0. The van der Waals surface area contributed by atoms with Gasteiger partial charge < -0.3 is 14.0 Å². The number of benzene rings is 3. The molecule has 15 heteroatoms. The molecule has 0 radical (unpaired) electrons. The summed E-state index contributed by atoms with van der Waals surface area (Å²) in [6.07, 6.45) is 0. The number of carbonyl (C=O) groups excluding carboxylic acids is 2. The van der Waals surface area contributed by atoms with Crippen molar-refractivity contribution in [1.29, 1.82) is 0 Å². The Morgan fingerprint density at radius 2 is 1.09 bits per heavy atom. The first-order valence-corrected chi connectivity index (χ1v) is 13.4. The van der Waals surface area contributed by atoms with E-state index in [0.29, 0.717) is 12.9 Å². The molecule has 184 valence electrons. The molecule has 3 aromatic rings. The van der Waals surface area contributed by atoms with E-state index in [1.807, 2.05) is 45.2 Å². The minimum absolute atomic E-state index is 0.00819. The average Bonchev–Trinajstić information content (AvgIpc) is 2.76. The molecular formula is C20H6F4I3O7S-. The molecule has 0 aromatic heterocycles. The van der Waals surface area contributed by atoms with Gasteiger partial charge in [-0.3, -0.25) is 0 Å². The van der Waals surface area contributed by atoms with E-state index in [1.54, 1.807) is 12.1 Å². The predicted molar refractivity (Wildman–Crippen MR) is 135 cm³/mol. The summed E-state index contributed by atoms with van der Waals surface area (Å²) < 4.78 is 100. The Hall–Kier alpha value is -1.58. The normalized spacial score (nSPS) is 11.3. The summed E-state index contributed by atoms with van der Waals surface area (Å²) >= 11 is 6.08. The van der Waals surface area contributed by atoms with Crippen molar-refractivity contribution in [3.8, 4) is 11.5 Å². The van der Waals surface area contributed by atoms with Gasteiger partial charge in [0.2, 0.25) is 17.4 Å². The van der Waals surface area contributed by atoms with E-state index < -0.39 is 56.0 Å². The molecule has 0 aliphatic carbocycles. The van der Waals surface area contributed by atoms with Crippen LogP contribution in [0.25, 0.3) is 0 Å². The Labute approximate surface area is 235 Å². The van der Waals surface area contributed by atoms with Crippen LogP contribution < -0.4 is 9.47 Å². The van der Waals surface area contributed by atoms with Gasteiger partial charge in [-0.1, -0.05) is 0 Å². The minimum atomic E-state index is -5.92. The number of hydrogen-bond acceptors (Lipinski definition) is 7. The number of halogens is 7. The molecule has 0 spiro atoms. The van der Waals surface area contributed by atoms with E-state index in [2.05, 4.69) is 27.3 Å². The Morgan fingerprint density at radius 3 is 1.46 bits per heavy atom. The van der Waals surface area contributed by atoms with Crippen molar-refractivity contribution < 1.29 is 49.6 Å². The van der Waals surface area contributed by atoms with Gasteiger partial charge in [-0.25, -0.2) is 26.8 Å². The summed E-state index contributed by atoms with van der Waals surface area (Å²) in [4.78, 5) is 22.3. The van der Waals surface area contributed by atoms with Crippen LogP contribution in [0.1, 0.15) is 20.7 Å². The lowest BCUT2D eigenvalue weighted by Gasteiger charge is -2.14. The van der Waals surface area contributed by atoms with Crippen LogP contribution in [0, 0.1) is 34.0 Å². The highest BCUT2D eigenvalue weighted by molar-refractivity contribution is 14.1. The predicted octanol–water partition coefficient (Wildman–Crippen LogP) is 5.40. The highest BCUT2D eigenvalue weighted by Gasteiger charge is 2.31. The first-order valence-electron chi connectivity index (χ1n) is 8.73. The Kier molecular flexibility index (Phi) is 8.65. The molecule has 7 nitrogen and oxygen atoms in total. The van der Waals surface area contributed by atoms with E-state index in [9.17, 15) is 40.1 Å². The fraction of sp³-hybridized carbons (Fsp3) is 0. The molecule has 0 aliphatic heterocycles. The molecule has 3 aromatic carbocycles. The van der Waals surface area contributed by atoms with Gasteiger partial charge in [0.1, 0.15) is 15.0 Å². The van der Waals surface area contributed by atoms with E-state index >= 15 is 0 Å². The lowest BCUT2D eigenvalue weighted by atomic mass is 10.1. The van der Waals surface area contributed by atoms with Crippen molar-refractivity contribution in [2.24, 2.45) is 0 Å². The topological polar surface area (TPSA) is 110 Å². The van der Waals surface area contributed by atoms with Crippen LogP contribution in [0.3, 0.4) is 0 Å². The van der Waals surface area contributed by atoms with Crippen molar-refractivity contribution in [3.63, 3.8) is 0 Å². The van der Waals surface area contributed by atoms with Gasteiger partial charge >= 0.3 is 11.9 Å². The summed E-state index contributed by atoms with van der Waals surface area (Å²) in [5.74, 6) is -13.7. The van der Waals surface area contributed by atoms with Gasteiger partial charge in [-0.2, -0.15) is 8.78 Å². The fourth-order valence-electron chi connectivity index (χ4n) is 2.57. The van der Waals surface area contributed by atoms with E-state index in [1.165, 1.54) is 0 Å². The van der Waals surface area contributed by atoms with Crippen LogP contribution in [0.2, 0.25) is 0 Å². The monoisotopic (exact) mass is 847 g/mol. The SMILES string of the molecule is O=C(Oc1c(I)cc(I)cc1I)c1ccc(C(=O)Oc2c(F)c(F)c(S(=O)(=O)[O-])c(F)c2F)cc1. The quantitative estimate of drug-likeness (QED) is 0.0846. The molecule has 0 fully saturated rings. The highest BCUT2D eigenvalue weighted by Crippen LogP contribution is 2.33. The molecule has 0 amide bonds. The molecule has 0 bridgehead atoms. The second-order valence-electron chi connectivity index (χ2n) is 6.42. The third kappa shape index (κ3) is 6.05. The highest BCUT2D eigenvalue weighted by atomic mass is 127. The lowest BCUT2D eigenvalue weighted by Crippen LogP contribution is -2.16. The first-order chi connectivity index (χ1) is 16.2. The molecule has 35 heavy (non-hydrogen) atoms. The molecule has 0 saturated carbocycles. The Bertz CT molecular complexity index is 1430. The van der Waals surface area contributed by atoms with Gasteiger partial charge in [0.15, 0.2) is 17.4 Å². The van der Waals surface area contributed by atoms with Crippen LogP contribution in [0.5, 0.6) is 11.5 Å². The van der Waals surface area contributed by atoms with Crippen molar-refractivity contribution in [2.75, 3.05) is 0 Å². The maximum absolute atomic E-state index is 14.1. The second kappa shape index (κ2) is 10.8. The van der Waals surface area contributed by atoms with E-state index in [0.717, 1.165) is 27.8 Å². The summed E-state index contributed by atoms with van der Waals surface area (Å²) in [7, 11) is -5.92. The Balaban J connectivity index is 1.84. The maximum Gasteiger partial charge on any atom is 0.343 e. The van der Waals surface area contributed by atoms with Crippen molar-refractivity contribution in [1.82, 2.24) is 0 Å². The van der Waals surface area contributed by atoms with Crippen LogP contribution in [0.4, 0.5) is 17.6 Å². The van der Waals surface area contributed by atoms with Crippen LogP contribution in [0.15, 0.2) is 41.3 Å². The summed E-state index contributed by atoms with van der Waals surface area (Å²) in [5, 5.41) is 0. The van der Waals surface area contributed by atoms with Crippen LogP contribution in [-0.4, -0.2) is 24.9 Å². The summed E-state index contributed by atoms with van der Waals surface area (Å²) in [5.41, 5.74) is -0.397. The average molecular weight is 847 g/mol. The fourth-order valence-corrected chi connectivity index (χ4v) is 6.99. The van der Waals surface area contributed by atoms with E-state index in [-0.39, 0.29) is 11.1 Å². The standard InChI is InChI=1S/C20H7F4I3O7S/c21-12-14(23)18(35(30,31)32)15(24)13(22)17(12)34-20(29)8-3-1-7(2-4-8)19(28)33-16-10(26)5-9(25)6-11(16)27/h1-6H,(H,30,31,32)/p-1. The van der Waals surface area contributed by atoms with Crippen molar-refractivity contribution >= 4 is 89.8 Å².